The number of para-hydroxylation sites is 1. The van der Waals surface area contributed by atoms with Crippen molar-refractivity contribution in [1.29, 1.82) is 0 Å². The lowest BCUT2D eigenvalue weighted by atomic mass is 10.0. The molecule has 15 heteroatoms. The number of hydrogen-bond donors (Lipinski definition) is 0. The zero-order valence-corrected chi connectivity index (χ0v) is 18.6. The second kappa shape index (κ2) is 9.80. The van der Waals surface area contributed by atoms with E-state index < -0.39 is 60.1 Å². The largest absolute Gasteiger partial charge is 0.859 e. The van der Waals surface area contributed by atoms with Crippen LogP contribution in [0, 0.1) is 30.3 Å². The summed E-state index contributed by atoms with van der Waals surface area (Å²) >= 11 is 0. The molecule has 0 fully saturated rings. The highest BCUT2D eigenvalue weighted by Gasteiger charge is 2.34. The van der Waals surface area contributed by atoms with Gasteiger partial charge in [0.25, 0.3) is 22.6 Å². The van der Waals surface area contributed by atoms with E-state index in [1.165, 1.54) is 10.9 Å². The molecule has 0 aliphatic rings. The second-order valence-electron chi connectivity index (χ2n) is 7.27. The molecule has 15 nitrogen and oxygen atoms in total. The normalized spacial score (nSPS) is 10.4. The fourth-order valence-corrected chi connectivity index (χ4v) is 3.35. The maximum Gasteiger partial charge on any atom is 0.329 e. The summed E-state index contributed by atoms with van der Waals surface area (Å²) in [7, 11) is 1.94. The molecule has 0 saturated carbocycles. The standard InChI is InChI=1S/C12H9N5O9.C9H7N/c1-13-10(18)9(11(19)14(2)12(13)20)8-6(16(23)24)3-5(15(21)22)4-7(8)17(25)26;1-2-6-9-8(4-1)5-3-7-10-9/h3-4,18H,1-2H3;1-7H. The molecule has 0 radical (unpaired) electrons. The molecule has 0 spiro atoms. The third kappa shape index (κ3) is 4.60. The molecule has 0 unspecified atom stereocenters. The van der Waals surface area contributed by atoms with Crippen LogP contribution < -0.4 is 21.3 Å². The summed E-state index contributed by atoms with van der Waals surface area (Å²) in [6.07, 6.45) is 1.93. The van der Waals surface area contributed by atoms with Crippen molar-refractivity contribution < 1.29 is 24.9 Å². The first-order chi connectivity index (χ1) is 17.0. The number of fused-ring (bicyclic) bond motifs is 1. The van der Waals surface area contributed by atoms with Crippen molar-refractivity contribution >= 4 is 28.0 Å². The summed E-state index contributed by atoms with van der Waals surface area (Å²) in [5.41, 5.74) is -6.52. The molecule has 0 aliphatic carbocycles. The van der Waals surface area contributed by atoms with Crippen LogP contribution in [0.1, 0.15) is 0 Å². The van der Waals surface area contributed by atoms with E-state index in [1.54, 1.807) is 0 Å². The number of nitro benzene ring substituents is 3. The topological polar surface area (TPSA) is 211 Å². The van der Waals surface area contributed by atoms with Gasteiger partial charge in [0.15, 0.2) is 6.20 Å². The maximum absolute atomic E-state index is 12.3. The van der Waals surface area contributed by atoms with Gasteiger partial charge in [-0.15, -0.1) is 0 Å². The van der Waals surface area contributed by atoms with Crippen molar-refractivity contribution in [3.63, 3.8) is 0 Å². The highest BCUT2D eigenvalue weighted by atomic mass is 16.6. The number of benzene rings is 2. The Hall–Kier alpha value is -5.47. The maximum atomic E-state index is 12.3. The molecule has 184 valence electrons. The fraction of sp³-hybridized carbons (Fsp3) is 0.0952. The number of aromatic amines is 1. The van der Waals surface area contributed by atoms with Crippen LogP contribution in [0.3, 0.4) is 0 Å². The van der Waals surface area contributed by atoms with Crippen molar-refractivity contribution in [3.8, 4) is 17.0 Å². The fourth-order valence-electron chi connectivity index (χ4n) is 3.35. The predicted octanol–water partition coefficient (Wildman–Crippen LogP) is 1.20. The van der Waals surface area contributed by atoms with Gasteiger partial charge in [-0.1, -0.05) is 12.1 Å². The van der Waals surface area contributed by atoms with Crippen molar-refractivity contribution in [2.45, 2.75) is 0 Å². The third-order valence-electron chi connectivity index (χ3n) is 5.12. The molecule has 36 heavy (non-hydrogen) atoms. The van der Waals surface area contributed by atoms with Gasteiger partial charge in [-0.05, 0) is 18.0 Å². The van der Waals surface area contributed by atoms with Crippen LogP contribution in [0.2, 0.25) is 0 Å². The van der Waals surface area contributed by atoms with Crippen LogP contribution in [0.4, 0.5) is 17.1 Å². The minimum absolute atomic E-state index is 0.395. The lowest BCUT2D eigenvalue weighted by Gasteiger charge is -2.18. The Morgan fingerprint density at radius 1 is 0.778 bits per heavy atom. The highest BCUT2D eigenvalue weighted by molar-refractivity contribution is 5.86. The number of hydrogen-bond acceptors (Lipinski definition) is 9. The van der Waals surface area contributed by atoms with Gasteiger partial charge in [0.05, 0.1) is 32.5 Å². The minimum Gasteiger partial charge on any atom is -0.859 e. The van der Waals surface area contributed by atoms with Crippen LogP contribution in [0.25, 0.3) is 22.0 Å². The average molecular weight is 496 g/mol. The number of pyridine rings is 1. The second-order valence-corrected chi connectivity index (χ2v) is 7.27. The van der Waals surface area contributed by atoms with Crippen molar-refractivity contribution in [1.82, 2.24) is 9.13 Å². The first-order valence-corrected chi connectivity index (χ1v) is 9.89. The van der Waals surface area contributed by atoms with Crippen molar-refractivity contribution in [2.24, 2.45) is 14.1 Å². The zero-order valence-electron chi connectivity index (χ0n) is 18.6. The molecular weight excluding hydrogens is 480 g/mol. The summed E-state index contributed by atoms with van der Waals surface area (Å²) in [6.45, 7) is 0. The van der Waals surface area contributed by atoms with Gasteiger partial charge >= 0.3 is 5.69 Å². The van der Waals surface area contributed by atoms with Gasteiger partial charge in [-0.2, -0.15) is 0 Å². The monoisotopic (exact) mass is 496 g/mol. The molecule has 2 heterocycles. The van der Waals surface area contributed by atoms with Gasteiger partial charge in [0, 0.05) is 31.6 Å². The molecule has 4 rings (SSSR count). The van der Waals surface area contributed by atoms with Gasteiger partial charge in [-0.25, -0.2) is 9.78 Å². The number of H-pyrrole nitrogens is 1. The van der Waals surface area contributed by atoms with E-state index in [-0.39, 0.29) is 0 Å². The van der Waals surface area contributed by atoms with E-state index in [4.69, 9.17) is 0 Å². The van der Waals surface area contributed by atoms with Crippen LogP contribution in [0.5, 0.6) is 5.88 Å². The smallest absolute Gasteiger partial charge is 0.329 e. The minimum atomic E-state index is -1.31. The molecule has 1 N–H and O–H groups in total. The van der Waals surface area contributed by atoms with E-state index in [2.05, 4.69) is 23.2 Å². The zero-order chi connectivity index (χ0) is 26.7. The summed E-state index contributed by atoms with van der Waals surface area (Å²) in [5.74, 6) is -1.31. The lowest BCUT2D eigenvalue weighted by molar-refractivity contribution is -0.402. The number of nitrogens with one attached hydrogen (secondary N) is 1. The number of non-ortho nitro benzene ring substituents is 1. The van der Waals surface area contributed by atoms with Crippen LogP contribution >= 0.6 is 0 Å². The van der Waals surface area contributed by atoms with Gasteiger partial charge in [0.2, 0.25) is 5.52 Å². The number of nitro groups is 3. The highest BCUT2D eigenvalue weighted by Crippen LogP contribution is 2.41. The van der Waals surface area contributed by atoms with E-state index in [0.29, 0.717) is 21.3 Å². The van der Waals surface area contributed by atoms with E-state index in [9.17, 15) is 45.0 Å². The van der Waals surface area contributed by atoms with Crippen LogP contribution in [-0.4, -0.2) is 23.9 Å². The van der Waals surface area contributed by atoms with E-state index in [0.717, 1.165) is 14.1 Å². The quantitative estimate of drug-likeness (QED) is 0.293. The van der Waals surface area contributed by atoms with Crippen molar-refractivity contribution in [3.05, 3.63) is 106 Å². The van der Waals surface area contributed by atoms with Crippen LogP contribution in [0.15, 0.2) is 64.3 Å². The molecular formula is C21H16N6O9. The Kier molecular flexibility index (Phi) is 6.85. The Morgan fingerprint density at radius 3 is 1.86 bits per heavy atom. The lowest BCUT2D eigenvalue weighted by Crippen LogP contribution is -2.39. The first kappa shape index (κ1) is 25.2. The summed E-state index contributed by atoms with van der Waals surface area (Å²) in [6, 6.07) is 13.1. The molecule has 0 aliphatic heterocycles. The van der Waals surface area contributed by atoms with E-state index >= 15 is 0 Å². The number of aromatic nitrogens is 3. The molecule has 4 aromatic rings. The molecule has 0 amide bonds. The molecule has 0 saturated heterocycles. The average Bonchev–Trinajstić information content (AvgIpc) is 2.86. The Labute approximate surface area is 199 Å². The third-order valence-corrected chi connectivity index (χ3v) is 5.12. The summed E-state index contributed by atoms with van der Waals surface area (Å²) in [4.78, 5) is 57.2. The summed E-state index contributed by atoms with van der Waals surface area (Å²) < 4.78 is 0.872. The predicted molar refractivity (Wildman–Crippen MR) is 122 cm³/mol. The van der Waals surface area contributed by atoms with Crippen LogP contribution in [-0.2, 0) is 14.1 Å². The Balaban J connectivity index is 0.000000297. The molecule has 2 aromatic heterocycles. The van der Waals surface area contributed by atoms with E-state index in [1.807, 2.05) is 24.4 Å². The molecule has 2 aromatic carbocycles. The van der Waals surface area contributed by atoms with Crippen molar-refractivity contribution in [2.75, 3.05) is 0 Å². The molecule has 0 bridgehead atoms. The van der Waals surface area contributed by atoms with Gasteiger partial charge in [0.1, 0.15) is 5.56 Å². The SMILES string of the molecule is Cn1c([O-])c(-c2c([N+](=O)[O-])cc([N+](=O)[O-])cc2[N+](=O)[O-])c(=O)n(C)c1=O.c1ccc2[nH+]cccc2c1. The Morgan fingerprint density at radius 2 is 1.33 bits per heavy atom. The van der Waals surface area contributed by atoms with Gasteiger partial charge < -0.3 is 9.67 Å². The number of rotatable bonds is 4. The molecule has 0 atom stereocenters. The Bertz CT molecular complexity index is 1560. The van der Waals surface area contributed by atoms with Gasteiger partial charge in [-0.3, -0.25) is 39.7 Å². The summed E-state index contributed by atoms with van der Waals surface area (Å²) in [5, 5.41) is 47.0. The number of nitrogens with zero attached hydrogens (tertiary/aromatic N) is 5. The first-order valence-electron chi connectivity index (χ1n) is 9.89.